The second-order valence-electron chi connectivity index (χ2n) is 7.43. The molecule has 0 fully saturated rings. The Bertz CT molecular complexity index is 805. The standard InChI is InChI=1S/C20H28N2O4S/c1-20(2,3)26-22(27(24,25)17-12-8-5-9-13-17)15-19(23)18(21)14-16-10-6-4-7-11-16/h4-13,18-19,23H,14-15,21H2,1-3H3/t18-,19+/m0/s1. The lowest BCUT2D eigenvalue weighted by Gasteiger charge is -2.31. The Hall–Kier alpha value is -1.77. The summed E-state index contributed by atoms with van der Waals surface area (Å²) >= 11 is 0. The van der Waals surface area contributed by atoms with Crippen LogP contribution >= 0.6 is 0 Å². The van der Waals surface area contributed by atoms with Crippen LogP contribution in [-0.4, -0.2) is 42.3 Å². The molecule has 0 heterocycles. The van der Waals surface area contributed by atoms with Gasteiger partial charge in [0.2, 0.25) is 0 Å². The van der Waals surface area contributed by atoms with Crippen molar-refractivity contribution in [2.24, 2.45) is 5.73 Å². The molecule has 148 valence electrons. The van der Waals surface area contributed by atoms with Gasteiger partial charge in [-0.2, -0.15) is 0 Å². The van der Waals surface area contributed by atoms with Crippen molar-refractivity contribution in [3.63, 3.8) is 0 Å². The monoisotopic (exact) mass is 392 g/mol. The molecule has 2 atom stereocenters. The van der Waals surface area contributed by atoms with Crippen LogP contribution in [-0.2, 0) is 21.3 Å². The van der Waals surface area contributed by atoms with Crippen molar-refractivity contribution < 1.29 is 18.4 Å². The molecule has 0 unspecified atom stereocenters. The van der Waals surface area contributed by atoms with Gasteiger partial charge >= 0.3 is 0 Å². The van der Waals surface area contributed by atoms with Crippen LogP contribution in [0.25, 0.3) is 0 Å². The molecule has 0 spiro atoms. The van der Waals surface area contributed by atoms with E-state index >= 15 is 0 Å². The largest absolute Gasteiger partial charge is 0.390 e. The molecule has 0 aliphatic heterocycles. The Labute approximate surface area is 161 Å². The minimum Gasteiger partial charge on any atom is -0.390 e. The van der Waals surface area contributed by atoms with Crippen LogP contribution < -0.4 is 5.73 Å². The minimum absolute atomic E-state index is 0.0954. The predicted octanol–water partition coefficient (Wildman–Crippen LogP) is 2.34. The van der Waals surface area contributed by atoms with E-state index in [4.69, 9.17) is 10.6 Å². The van der Waals surface area contributed by atoms with E-state index in [0.717, 1.165) is 10.0 Å². The second kappa shape index (κ2) is 8.95. The summed E-state index contributed by atoms with van der Waals surface area (Å²) in [5.41, 5.74) is 6.33. The number of aliphatic hydroxyl groups excluding tert-OH is 1. The number of hydroxylamine groups is 1. The topological polar surface area (TPSA) is 92.9 Å². The summed E-state index contributed by atoms with van der Waals surface area (Å²) in [7, 11) is -3.94. The van der Waals surface area contributed by atoms with E-state index in [1.54, 1.807) is 39.0 Å². The Kier molecular flexibility index (Phi) is 7.13. The molecule has 3 N–H and O–H groups in total. The number of hydrogen-bond donors (Lipinski definition) is 2. The highest BCUT2D eigenvalue weighted by molar-refractivity contribution is 7.89. The summed E-state index contributed by atoms with van der Waals surface area (Å²) in [6.45, 7) is 4.98. The molecule has 0 amide bonds. The zero-order valence-corrected chi connectivity index (χ0v) is 16.8. The summed E-state index contributed by atoms with van der Waals surface area (Å²) in [5, 5.41) is 10.5. The van der Waals surface area contributed by atoms with Crippen LogP contribution in [0.1, 0.15) is 26.3 Å². The highest BCUT2D eigenvalue weighted by Gasteiger charge is 2.33. The third-order valence-corrected chi connectivity index (χ3v) is 5.46. The average molecular weight is 393 g/mol. The van der Waals surface area contributed by atoms with Gasteiger partial charge in [0, 0.05) is 6.04 Å². The van der Waals surface area contributed by atoms with Crippen molar-refractivity contribution in [1.82, 2.24) is 4.47 Å². The Morgan fingerprint density at radius 2 is 1.56 bits per heavy atom. The van der Waals surface area contributed by atoms with Gasteiger partial charge in [-0.1, -0.05) is 53.0 Å². The van der Waals surface area contributed by atoms with Crippen molar-refractivity contribution in [2.75, 3.05) is 6.54 Å². The van der Waals surface area contributed by atoms with E-state index in [9.17, 15) is 13.5 Å². The van der Waals surface area contributed by atoms with E-state index in [1.807, 2.05) is 30.3 Å². The van der Waals surface area contributed by atoms with Gasteiger partial charge in [0.25, 0.3) is 10.0 Å². The van der Waals surface area contributed by atoms with Crippen LogP contribution in [0.3, 0.4) is 0 Å². The number of nitrogens with zero attached hydrogens (tertiary/aromatic N) is 1. The smallest absolute Gasteiger partial charge is 0.265 e. The summed E-state index contributed by atoms with van der Waals surface area (Å²) < 4.78 is 26.8. The lowest BCUT2D eigenvalue weighted by molar-refractivity contribution is -0.180. The first-order chi connectivity index (χ1) is 12.6. The first-order valence-corrected chi connectivity index (χ1v) is 10.3. The number of sulfonamides is 1. The van der Waals surface area contributed by atoms with E-state index in [0.29, 0.717) is 6.42 Å². The lowest BCUT2D eigenvalue weighted by Crippen LogP contribution is -2.48. The van der Waals surface area contributed by atoms with Crippen LogP contribution in [0.15, 0.2) is 65.6 Å². The lowest BCUT2D eigenvalue weighted by atomic mass is 10.0. The van der Waals surface area contributed by atoms with Crippen molar-refractivity contribution in [3.05, 3.63) is 66.2 Å². The third-order valence-electron chi connectivity index (χ3n) is 3.83. The van der Waals surface area contributed by atoms with Gasteiger partial charge in [0.1, 0.15) is 0 Å². The van der Waals surface area contributed by atoms with Crippen LogP contribution in [0, 0.1) is 0 Å². The summed E-state index contributed by atoms with van der Waals surface area (Å²) in [4.78, 5) is 5.75. The fraction of sp³-hybridized carbons (Fsp3) is 0.400. The fourth-order valence-electron chi connectivity index (χ4n) is 2.51. The Morgan fingerprint density at radius 1 is 1.04 bits per heavy atom. The maximum Gasteiger partial charge on any atom is 0.265 e. The van der Waals surface area contributed by atoms with Crippen LogP contribution in [0.4, 0.5) is 0 Å². The van der Waals surface area contributed by atoms with Crippen molar-refractivity contribution in [2.45, 2.75) is 49.8 Å². The second-order valence-corrected chi connectivity index (χ2v) is 9.26. The first kappa shape index (κ1) is 21.5. The Balaban J connectivity index is 2.19. The molecule has 0 saturated carbocycles. The van der Waals surface area contributed by atoms with Crippen LogP contribution in [0.5, 0.6) is 0 Å². The maximum absolute atomic E-state index is 13.0. The highest BCUT2D eigenvalue weighted by Crippen LogP contribution is 2.21. The number of nitrogens with two attached hydrogens (primary N) is 1. The number of benzene rings is 2. The average Bonchev–Trinajstić information content (AvgIpc) is 2.61. The zero-order valence-electron chi connectivity index (χ0n) is 15.9. The van der Waals surface area contributed by atoms with Gasteiger partial charge in [-0.15, -0.1) is 0 Å². The zero-order chi connectivity index (χ0) is 20.1. The summed E-state index contributed by atoms with van der Waals surface area (Å²) in [6.07, 6.45) is -0.664. The quantitative estimate of drug-likeness (QED) is 0.673. The highest BCUT2D eigenvalue weighted by atomic mass is 32.2. The molecule has 27 heavy (non-hydrogen) atoms. The van der Waals surface area contributed by atoms with Gasteiger partial charge in [-0.05, 0) is 44.9 Å². The predicted molar refractivity (Wildman–Crippen MR) is 105 cm³/mol. The van der Waals surface area contributed by atoms with Gasteiger partial charge in [-0.3, -0.25) is 4.84 Å². The fourth-order valence-corrected chi connectivity index (χ4v) is 3.92. The van der Waals surface area contributed by atoms with E-state index in [1.165, 1.54) is 12.1 Å². The molecule has 0 aliphatic rings. The first-order valence-electron chi connectivity index (χ1n) is 8.84. The summed E-state index contributed by atoms with van der Waals surface area (Å²) in [6, 6.07) is 16.9. The molecular weight excluding hydrogens is 364 g/mol. The SMILES string of the molecule is CC(C)(C)ON(C[C@@H](O)[C@@H](N)Cc1ccccc1)S(=O)(=O)c1ccccc1. The summed E-state index contributed by atoms with van der Waals surface area (Å²) in [5.74, 6) is 0. The van der Waals surface area contributed by atoms with Crippen LogP contribution in [0.2, 0.25) is 0 Å². The number of hydrogen-bond acceptors (Lipinski definition) is 5. The van der Waals surface area contributed by atoms with Crippen molar-refractivity contribution in [1.29, 1.82) is 0 Å². The van der Waals surface area contributed by atoms with E-state index < -0.39 is 27.8 Å². The van der Waals surface area contributed by atoms with Gasteiger partial charge in [0.15, 0.2) is 0 Å². The molecule has 7 heteroatoms. The van der Waals surface area contributed by atoms with Gasteiger partial charge in [0.05, 0.1) is 23.1 Å². The van der Waals surface area contributed by atoms with Crippen molar-refractivity contribution in [3.8, 4) is 0 Å². The van der Waals surface area contributed by atoms with Crippen molar-refractivity contribution >= 4 is 10.0 Å². The normalized spacial score (nSPS) is 14.9. The molecule has 2 rings (SSSR count). The molecule has 0 radical (unpaired) electrons. The van der Waals surface area contributed by atoms with E-state index in [-0.39, 0.29) is 11.4 Å². The molecule has 0 saturated heterocycles. The number of aliphatic hydroxyl groups is 1. The molecule has 6 nitrogen and oxygen atoms in total. The van der Waals surface area contributed by atoms with Gasteiger partial charge in [-0.25, -0.2) is 8.42 Å². The van der Waals surface area contributed by atoms with E-state index in [2.05, 4.69) is 0 Å². The molecule has 0 aliphatic carbocycles. The molecule has 2 aromatic rings. The maximum atomic E-state index is 13.0. The van der Waals surface area contributed by atoms with Gasteiger partial charge < -0.3 is 10.8 Å². The molecule has 2 aromatic carbocycles. The molecular formula is C20H28N2O4S. The molecule has 0 bridgehead atoms. The molecule has 0 aromatic heterocycles. The third kappa shape index (κ3) is 6.41. The minimum atomic E-state index is -3.94. The number of rotatable bonds is 8. The Morgan fingerprint density at radius 3 is 2.07 bits per heavy atom.